The van der Waals surface area contributed by atoms with Crippen molar-refractivity contribution in [2.75, 3.05) is 0 Å². The summed E-state index contributed by atoms with van der Waals surface area (Å²) in [6.07, 6.45) is -4.56. The Kier molecular flexibility index (Phi) is 5.74. The SMILES string of the molecule is CC(NC(=O)c1cc(=O)[nH]c(-c2ccccc2)n1)c1ccc(C(F)(F)F)c(Cl)c1. The number of nitrogens with zero attached hydrogens (tertiary/aromatic N) is 1. The molecule has 0 aliphatic rings. The maximum absolute atomic E-state index is 12.8. The van der Waals surface area contributed by atoms with E-state index < -0.39 is 34.3 Å². The third-order valence-corrected chi connectivity index (χ3v) is 4.48. The molecule has 2 aromatic carbocycles. The van der Waals surface area contributed by atoms with Gasteiger partial charge in [-0.25, -0.2) is 4.98 Å². The molecule has 1 amide bonds. The minimum Gasteiger partial charge on any atom is -0.344 e. The van der Waals surface area contributed by atoms with Crippen LogP contribution < -0.4 is 10.9 Å². The van der Waals surface area contributed by atoms with E-state index in [2.05, 4.69) is 15.3 Å². The van der Waals surface area contributed by atoms with Gasteiger partial charge in [-0.15, -0.1) is 0 Å². The van der Waals surface area contributed by atoms with Crippen LogP contribution in [0, 0.1) is 0 Å². The zero-order valence-electron chi connectivity index (χ0n) is 15.0. The van der Waals surface area contributed by atoms with Gasteiger partial charge in [0.2, 0.25) is 0 Å². The third-order valence-electron chi connectivity index (χ3n) is 4.17. The Morgan fingerprint density at radius 1 is 1.14 bits per heavy atom. The van der Waals surface area contributed by atoms with Gasteiger partial charge in [-0.2, -0.15) is 13.2 Å². The number of nitrogens with one attached hydrogen (secondary N) is 2. The van der Waals surface area contributed by atoms with Gasteiger partial charge in [-0.1, -0.05) is 48.0 Å². The van der Waals surface area contributed by atoms with E-state index in [4.69, 9.17) is 11.6 Å². The second kappa shape index (κ2) is 8.08. The van der Waals surface area contributed by atoms with Gasteiger partial charge in [-0.05, 0) is 24.6 Å². The quantitative estimate of drug-likeness (QED) is 0.646. The number of H-pyrrole nitrogens is 1. The van der Waals surface area contributed by atoms with Gasteiger partial charge in [0.25, 0.3) is 11.5 Å². The molecule has 0 saturated heterocycles. The number of aromatic amines is 1. The molecule has 0 aliphatic heterocycles. The van der Waals surface area contributed by atoms with E-state index in [1.807, 2.05) is 0 Å². The van der Waals surface area contributed by atoms with Crippen molar-refractivity contribution in [2.24, 2.45) is 0 Å². The molecule has 0 spiro atoms. The monoisotopic (exact) mass is 421 g/mol. The summed E-state index contributed by atoms with van der Waals surface area (Å²) in [6, 6.07) is 12.4. The normalized spacial score (nSPS) is 12.4. The van der Waals surface area contributed by atoms with Crippen LogP contribution in [-0.4, -0.2) is 15.9 Å². The number of carbonyl (C=O) groups is 1. The number of alkyl halides is 3. The number of carbonyl (C=O) groups excluding carboxylic acids is 1. The maximum atomic E-state index is 12.8. The van der Waals surface area contributed by atoms with Crippen LogP contribution in [0.4, 0.5) is 13.2 Å². The summed E-state index contributed by atoms with van der Waals surface area (Å²) >= 11 is 5.73. The number of aromatic nitrogens is 2. The van der Waals surface area contributed by atoms with E-state index >= 15 is 0 Å². The van der Waals surface area contributed by atoms with Crippen molar-refractivity contribution >= 4 is 17.5 Å². The average molecular weight is 422 g/mol. The molecule has 0 bridgehead atoms. The molecule has 1 aromatic heterocycles. The summed E-state index contributed by atoms with van der Waals surface area (Å²) in [5.74, 6) is -0.412. The molecular formula is C20H15ClF3N3O2. The standard InChI is InChI=1S/C20H15ClF3N3O2/c1-11(13-7-8-14(15(21)9-13)20(22,23)24)25-19(29)16-10-17(28)27-18(26-16)12-5-3-2-4-6-12/h2-11H,1H3,(H,25,29)(H,26,27,28). The number of hydrogen-bond donors (Lipinski definition) is 2. The molecule has 0 aliphatic carbocycles. The summed E-state index contributed by atoms with van der Waals surface area (Å²) in [7, 11) is 0. The maximum Gasteiger partial charge on any atom is 0.417 e. The highest BCUT2D eigenvalue weighted by atomic mass is 35.5. The molecule has 1 atom stereocenters. The van der Waals surface area contributed by atoms with Crippen LogP contribution in [0.5, 0.6) is 0 Å². The van der Waals surface area contributed by atoms with E-state index in [1.165, 1.54) is 6.07 Å². The second-order valence-electron chi connectivity index (χ2n) is 6.28. The van der Waals surface area contributed by atoms with Crippen molar-refractivity contribution in [3.63, 3.8) is 0 Å². The van der Waals surface area contributed by atoms with Crippen LogP contribution >= 0.6 is 11.6 Å². The molecule has 0 saturated carbocycles. The highest BCUT2D eigenvalue weighted by Gasteiger charge is 2.33. The van der Waals surface area contributed by atoms with E-state index in [0.717, 1.165) is 18.2 Å². The van der Waals surface area contributed by atoms with Gasteiger partial charge in [-0.3, -0.25) is 9.59 Å². The van der Waals surface area contributed by atoms with Crippen LogP contribution in [0.25, 0.3) is 11.4 Å². The van der Waals surface area contributed by atoms with Gasteiger partial charge in [0.1, 0.15) is 11.5 Å². The number of rotatable bonds is 4. The molecule has 2 N–H and O–H groups in total. The fraction of sp³-hybridized carbons (Fsp3) is 0.150. The van der Waals surface area contributed by atoms with Crippen LogP contribution in [0.15, 0.2) is 59.4 Å². The number of hydrogen-bond acceptors (Lipinski definition) is 3. The zero-order chi connectivity index (χ0) is 21.2. The van der Waals surface area contributed by atoms with E-state index in [-0.39, 0.29) is 11.5 Å². The minimum atomic E-state index is -4.56. The van der Waals surface area contributed by atoms with Crippen molar-refractivity contribution in [1.29, 1.82) is 0 Å². The smallest absolute Gasteiger partial charge is 0.344 e. The van der Waals surface area contributed by atoms with E-state index in [0.29, 0.717) is 11.1 Å². The predicted molar refractivity (Wildman–Crippen MR) is 103 cm³/mol. The molecule has 5 nitrogen and oxygen atoms in total. The first-order valence-electron chi connectivity index (χ1n) is 8.49. The number of benzene rings is 2. The van der Waals surface area contributed by atoms with Crippen LogP contribution in [-0.2, 0) is 6.18 Å². The van der Waals surface area contributed by atoms with Crippen molar-refractivity contribution in [2.45, 2.75) is 19.1 Å². The highest BCUT2D eigenvalue weighted by Crippen LogP contribution is 2.35. The van der Waals surface area contributed by atoms with Crippen molar-refractivity contribution in [3.05, 3.63) is 86.8 Å². The summed E-state index contributed by atoms with van der Waals surface area (Å²) in [4.78, 5) is 31.2. The molecule has 0 radical (unpaired) electrons. The lowest BCUT2D eigenvalue weighted by Gasteiger charge is -2.16. The van der Waals surface area contributed by atoms with Crippen LogP contribution in [0.1, 0.15) is 34.6 Å². The van der Waals surface area contributed by atoms with Crippen LogP contribution in [0.2, 0.25) is 5.02 Å². The van der Waals surface area contributed by atoms with Gasteiger partial charge in [0.05, 0.1) is 16.6 Å². The third kappa shape index (κ3) is 4.83. The van der Waals surface area contributed by atoms with Gasteiger partial charge in [0.15, 0.2) is 0 Å². The summed E-state index contributed by atoms with van der Waals surface area (Å²) in [5, 5.41) is 2.15. The summed E-state index contributed by atoms with van der Waals surface area (Å²) in [6.45, 7) is 1.59. The molecule has 150 valence electrons. The first kappa shape index (κ1) is 20.6. The lowest BCUT2D eigenvalue weighted by molar-refractivity contribution is -0.137. The first-order chi connectivity index (χ1) is 13.6. The van der Waals surface area contributed by atoms with Gasteiger partial charge in [0, 0.05) is 11.6 Å². The lowest BCUT2D eigenvalue weighted by atomic mass is 10.1. The summed E-state index contributed by atoms with van der Waals surface area (Å²) in [5.41, 5.74) is -0.566. The molecule has 3 aromatic rings. The Balaban J connectivity index is 1.83. The van der Waals surface area contributed by atoms with E-state index in [9.17, 15) is 22.8 Å². The Morgan fingerprint density at radius 3 is 2.45 bits per heavy atom. The Morgan fingerprint density at radius 2 is 1.83 bits per heavy atom. The molecule has 0 fully saturated rings. The van der Waals surface area contributed by atoms with Crippen molar-refractivity contribution < 1.29 is 18.0 Å². The Hall–Kier alpha value is -3.13. The molecule has 1 unspecified atom stereocenters. The highest BCUT2D eigenvalue weighted by molar-refractivity contribution is 6.31. The largest absolute Gasteiger partial charge is 0.417 e. The number of amides is 1. The van der Waals surface area contributed by atoms with Crippen molar-refractivity contribution in [1.82, 2.24) is 15.3 Å². The molecule has 3 rings (SSSR count). The number of halogens is 4. The Labute approximate surface area is 168 Å². The second-order valence-corrected chi connectivity index (χ2v) is 6.68. The predicted octanol–water partition coefficient (Wildman–Crippen LogP) is 4.60. The Bertz CT molecular complexity index is 1100. The zero-order valence-corrected chi connectivity index (χ0v) is 15.8. The first-order valence-corrected chi connectivity index (χ1v) is 8.87. The minimum absolute atomic E-state index is 0.113. The van der Waals surface area contributed by atoms with Gasteiger partial charge >= 0.3 is 6.18 Å². The molecule has 9 heteroatoms. The molecular weight excluding hydrogens is 407 g/mol. The van der Waals surface area contributed by atoms with Crippen LogP contribution in [0.3, 0.4) is 0 Å². The fourth-order valence-electron chi connectivity index (χ4n) is 2.69. The van der Waals surface area contributed by atoms with E-state index in [1.54, 1.807) is 37.3 Å². The molecule has 29 heavy (non-hydrogen) atoms. The molecule has 1 heterocycles. The summed E-state index contributed by atoms with van der Waals surface area (Å²) < 4.78 is 38.5. The topological polar surface area (TPSA) is 74.8 Å². The van der Waals surface area contributed by atoms with Crippen molar-refractivity contribution in [3.8, 4) is 11.4 Å². The fourth-order valence-corrected chi connectivity index (χ4v) is 2.99. The van der Waals surface area contributed by atoms with Gasteiger partial charge < -0.3 is 10.3 Å². The average Bonchev–Trinajstić information content (AvgIpc) is 2.67. The lowest BCUT2D eigenvalue weighted by Crippen LogP contribution is -2.29.